The SMILES string of the molecule is O=C(O)c1ccc(C(=O)Nc2cccc(SC(C(=O)Nc3ccc4c(c3)OCCO4)c3ccccc3)c2)c(C(=O)O)c1. The van der Waals surface area contributed by atoms with Gasteiger partial charge in [-0.05, 0) is 54.1 Å². The van der Waals surface area contributed by atoms with E-state index in [9.17, 15) is 29.4 Å². The Morgan fingerprint density at radius 1 is 0.690 bits per heavy atom. The number of fused-ring (bicyclic) bond motifs is 1. The zero-order valence-electron chi connectivity index (χ0n) is 21.9. The number of thioether (sulfide) groups is 1. The first-order chi connectivity index (χ1) is 20.3. The minimum atomic E-state index is -1.43. The number of carboxylic acids is 2. The lowest BCUT2D eigenvalue weighted by Gasteiger charge is -2.20. The molecule has 10 nitrogen and oxygen atoms in total. The predicted molar refractivity (Wildman–Crippen MR) is 156 cm³/mol. The standard InChI is InChI=1S/C31H24N2O8S/c34-28(23-11-9-19(30(36)37)15-24(23)31(38)39)32-20-7-4-8-22(16-20)42-27(18-5-2-1-3-6-18)29(35)33-21-10-12-25-26(17-21)41-14-13-40-25/h1-12,15-17,27H,13-14H2,(H,32,34)(H,33,35)(H,36,37)(H,38,39). The molecule has 0 saturated carbocycles. The maximum Gasteiger partial charge on any atom is 0.336 e. The van der Waals surface area contributed by atoms with Crippen molar-refractivity contribution in [2.75, 3.05) is 23.8 Å². The van der Waals surface area contributed by atoms with E-state index in [1.165, 1.54) is 17.8 Å². The fourth-order valence-corrected chi connectivity index (χ4v) is 5.35. The Labute approximate surface area is 244 Å². The van der Waals surface area contributed by atoms with E-state index in [0.29, 0.717) is 41.0 Å². The molecule has 42 heavy (non-hydrogen) atoms. The normalized spacial score (nSPS) is 12.6. The Morgan fingerprint density at radius 2 is 1.43 bits per heavy atom. The average molecular weight is 585 g/mol. The van der Waals surface area contributed by atoms with Crippen LogP contribution in [0.25, 0.3) is 0 Å². The number of ether oxygens (including phenoxy) is 2. The van der Waals surface area contributed by atoms with Gasteiger partial charge < -0.3 is 30.3 Å². The summed E-state index contributed by atoms with van der Waals surface area (Å²) in [5.41, 5.74) is 0.808. The molecule has 0 saturated heterocycles. The van der Waals surface area contributed by atoms with Crippen LogP contribution in [0.15, 0.2) is 95.9 Å². The van der Waals surface area contributed by atoms with Gasteiger partial charge in [0.05, 0.1) is 16.7 Å². The van der Waals surface area contributed by atoms with Crippen molar-refractivity contribution in [2.45, 2.75) is 10.1 Å². The van der Waals surface area contributed by atoms with Gasteiger partial charge in [0.2, 0.25) is 5.91 Å². The Balaban J connectivity index is 1.36. The van der Waals surface area contributed by atoms with E-state index in [-0.39, 0.29) is 17.0 Å². The number of benzene rings is 4. The first-order valence-electron chi connectivity index (χ1n) is 12.7. The molecule has 0 radical (unpaired) electrons. The molecular formula is C31H24N2O8S. The van der Waals surface area contributed by atoms with Gasteiger partial charge in [-0.1, -0.05) is 36.4 Å². The smallest absolute Gasteiger partial charge is 0.336 e. The first kappa shape index (κ1) is 28.2. The van der Waals surface area contributed by atoms with Crippen molar-refractivity contribution >= 4 is 46.9 Å². The van der Waals surface area contributed by atoms with Gasteiger partial charge in [-0.3, -0.25) is 9.59 Å². The number of rotatable bonds is 9. The lowest BCUT2D eigenvalue weighted by molar-refractivity contribution is -0.115. The van der Waals surface area contributed by atoms with Crippen molar-refractivity contribution in [3.63, 3.8) is 0 Å². The largest absolute Gasteiger partial charge is 0.486 e. The van der Waals surface area contributed by atoms with Crippen molar-refractivity contribution in [1.29, 1.82) is 0 Å². The van der Waals surface area contributed by atoms with Crippen LogP contribution in [0.2, 0.25) is 0 Å². The second-order valence-electron chi connectivity index (χ2n) is 9.11. The van der Waals surface area contributed by atoms with Gasteiger partial charge in [0.15, 0.2) is 11.5 Å². The molecule has 1 atom stereocenters. The van der Waals surface area contributed by atoms with E-state index >= 15 is 0 Å². The summed E-state index contributed by atoms with van der Waals surface area (Å²) in [4.78, 5) is 50.1. The summed E-state index contributed by atoms with van der Waals surface area (Å²) in [6.45, 7) is 0.883. The third kappa shape index (κ3) is 6.53. The molecule has 5 rings (SSSR count). The molecule has 1 heterocycles. The molecular weight excluding hydrogens is 560 g/mol. The van der Waals surface area contributed by atoms with E-state index in [1.54, 1.807) is 42.5 Å². The number of carbonyl (C=O) groups excluding carboxylic acids is 2. The van der Waals surface area contributed by atoms with Crippen LogP contribution in [0, 0.1) is 0 Å². The Morgan fingerprint density at radius 3 is 2.17 bits per heavy atom. The van der Waals surface area contributed by atoms with Crippen LogP contribution in [0.1, 0.15) is 41.9 Å². The third-order valence-corrected chi connectivity index (χ3v) is 7.49. The molecule has 11 heteroatoms. The van der Waals surface area contributed by atoms with Crippen LogP contribution < -0.4 is 20.1 Å². The zero-order chi connectivity index (χ0) is 29.6. The first-order valence-corrected chi connectivity index (χ1v) is 13.6. The van der Waals surface area contributed by atoms with Crippen LogP contribution in [0.3, 0.4) is 0 Å². The van der Waals surface area contributed by atoms with Crippen molar-refractivity contribution < 1.29 is 38.9 Å². The van der Waals surface area contributed by atoms with E-state index in [2.05, 4.69) is 10.6 Å². The van der Waals surface area contributed by atoms with Crippen molar-refractivity contribution in [3.05, 3.63) is 113 Å². The summed E-state index contributed by atoms with van der Waals surface area (Å²) < 4.78 is 11.2. The van der Waals surface area contributed by atoms with Crippen molar-refractivity contribution in [1.82, 2.24) is 0 Å². The summed E-state index contributed by atoms with van der Waals surface area (Å²) in [5.74, 6) is -2.57. The maximum atomic E-state index is 13.5. The van der Waals surface area contributed by atoms with Crippen LogP contribution >= 0.6 is 11.8 Å². The maximum absolute atomic E-state index is 13.5. The van der Waals surface area contributed by atoms with E-state index in [4.69, 9.17) is 9.47 Å². The number of hydrogen-bond donors (Lipinski definition) is 4. The molecule has 0 bridgehead atoms. The van der Waals surface area contributed by atoms with E-state index < -0.39 is 28.7 Å². The molecule has 1 aliphatic heterocycles. The van der Waals surface area contributed by atoms with Crippen molar-refractivity contribution in [2.24, 2.45) is 0 Å². The van der Waals surface area contributed by atoms with Gasteiger partial charge >= 0.3 is 11.9 Å². The topological polar surface area (TPSA) is 151 Å². The van der Waals surface area contributed by atoms with Gasteiger partial charge in [0, 0.05) is 22.3 Å². The molecule has 4 N–H and O–H groups in total. The summed E-state index contributed by atoms with van der Waals surface area (Å²) >= 11 is 1.27. The molecule has 212 valence electrons. The highest BCUT2D eigenvalue weighted by Gasteiger charge is 2.24. The van der Waals surface area contributed by atoms with Crippen LogP contribution in [0.5, 0.6) is 11.5 Å². The average Bonchev–Trinajstić information content (AvgIpc) is 3.00. The molecule has 1 unspecified atom stereocenters. The number of hydrogen-bond acceptors (Lipinski definition) is 7. The minimum Gasteiger partial charge on any atom is -0.486 e. The van der Waals surface area contributed by atoms with Gasteiger partial charge in [-0.2, -0.15) is 0 Å². The molecule has 0 aliphatic carbocycles. The summed E-state index contributed by atoms with van der Waals surface area (Å²) in [7, 11) is 0. The lowest BCUT2D eigenvalue weighted by Crippen LogP contribution is -2.20. The summed E-state index contributed by atoms with van der Waals surface area (Å²) in [6, 6.07) is 24.5. The Kier molecular flexibility index (Phi) is 8.39. The number of amides is 2. The number of anilines is 2. The third-order valence-electron chi connectivity index (χ3n) is 6.24. The number of nitrogens with one attached hydrogen (secondary N) is 2. The highest BCUT2D eigenvalue weighted by atomic mass is 32.2. The minimum absolute atomic E-state index is 0.188. The van der Waals surface area contributed by atoms with E-state index in [0.717, 1.165) is 17.7 Å². The van der Waals surface area contributed by atoms with Gasteiger partial charge in [0.1, 0.15) is 18.5 Å². The zero-order valence-corrected chi connectivity index (χ0v) is 22.7. The predicted octanol–water partition coefficient (Wildman–Crippen LogP) is 5.58. The molecule has 4 aromatic carbocycles. The quantitative estimate of drug-likeness (QED) is 0.185. The Hall–Kier alpha value is -5.29. The van der Waals surface area contributed by atoms with Crippen LogP contribution in [0.4, 0.5) is 11.4 Å². The van der Waals surface area contributed by atoms with Crippen LogP contribution in [-0.2, 0) is 4.79 Å². The van der Waals surface area contributed by atoms with Gasteiger partial charge in [-0.25, -0.2) is 9.59 Å². The molecule has 1 aliphatic rings. The molecule has 0 fully saturated rings. The number of aromatic carboxylic acids is 2. The number of carbonyl (C=O) groups is 4. The van der Waals surface area contributed by atoms with Crippen molar-refractivity contribution in [3.8, 4) is 11.5 Å². The highest BCUT2D eigenvalue weighted by molar-refractivity contribution is 8.00. The number of carboxylic acid groups (broad SMARTS) is 2. The lowest BCUT2D eigenvalue weighted by atomic mass is 10.0. The monoisotopic (exact) mass is 584 g/mol. The molecule has 2 amide bonds. The summed E-state index contributed by atoms with van der Waals surface area (Å²) in [5, 5.41) is 23.7. The summed E-state index contributed by atoms with van der Waals surface area (Å²) in [6.07, 6.45) is 0. The van der Waals surface area contributed by atoms with Gasteiger partial charge in [-0.15, -0.1) is 11.8 Å². The Bertz CT molecular complexity index is 1680. The molecule has 0 spiro atoms. The highest BCUT2D eigenvalue weighted by Crippen LogP contribution is 2.38. The fraction of sp³-hybridized carbons (Fsp3) is 0.0968. The molecule has 4 aromatic rings. The van der Waals surface area contributed by atoms with Crippen LogP contribution in [-0.4, -0.2) is 47.2 Å². The van der Waals surface area contributed by atoms with E-state index in [1.807, 2.05) is 30.3 Å². The van der Waals surface area contributed by atoms with Gasteiger partial charge in [0.25, 0.3) is 5.91 Å². The second kappa shape index (κ2) is 12.5. The molecule has 0 aromatic heterocycles. The second-order valence-corrected chi connectivity index (χ2v) is 10.3. The fourth-order valence-electron chi connectivity index (χ4n) is 4.26.